The lowest BCUT2D eigenvalue weighted by molar-refractivity contribution is 0.0634. The molecule has 0 spiro atoms. The molecule has 1 saturated heterocycles. The Bertz CT molecular complexity index is 1310. The van der Waals surface area contributed by atoms with Gasteiger partial charge >= 0.3 is 0 Å². The molecule has 0 bridgehead atoms. The van der Waals surface area contributed by atoms with Gasteiger partial charge in [0.1, 0.15) is 16.8 Å². The van der Waals surface area contributed by atoms with Gasteiger partial charge in [-0.15, -0.1) is 5.10 Å². The second-order valence-corrected chi connectivity index (χ2v) is 8.60. The molecule has 11 nitrogen and oxygen atoms in total. The predicted octanol–water partition coefficient (Wildman–Crippen LogP) is 0.655. The highest BCUT2D eigenvalue weighted by atomic mass is 16.5. The highest BCUT2D eigenvalue weighted by Gasteiger charge is 2.26. The van der Waals surface area contributed by atoms with Crippen molar-refractivity contribution in [3.63, 3.8) is 0 Å². The number of hydrogen-bond donors (Lipinski definition) is 1. The fraction of sp³-hybridized carbons (Fsp3) is 0.458. The molecule has 1 aliphatic heterocycles. The molecule has 4 rings (SSSR count). The van der Waals surface area contributed by atoms with E-state index in [1.807, 2.05) is 18.4 Å². The summed E-state index contributed by atoms with van der Waals surface area (Å²) < 4.78 is 8.59. The summed E-state index contributed by atoms with van der Waals surface area (Å²) in [4.78, 5) is 47.0. The van der Waals surface area contributed by atoms with Gasteiger partial charge in [0.25, 0.3) is 11.8 Å². The molecule has 1 N–H and O–H groups in total. The lowest BCUT2D eigenvalue weighted by Gasteiger charge is -2.34. The maximum Gasteiger partial charge on any atom is 0.261 e. The minimum Gasteiger partial charge on any atom is -0.479 e. The number of aryl methyl sites for hydroxylation is 3. The van der Waals surface area contributed by atoms with Crippen molar-refractivity contribution >= 4 is 22.8 Å². The Morgan fingerprint density at radius 2 is 1.86 bits per heavy atom. The summed E-state index contributed by atoms with van der Waals surface area (Å²) in [6.07, 6.45) is 3.25. The monoisotopic (exact) mass is 481 g/mol. The number of methoxy groups -OCH3 is 1. The number of carbonyl (C=O) groups excluding carboxylic acids is 2. The Morgan fingerprint density at radius 1 is 1.11 bits per heavy atom. The molecular weight excluding hydrogens is 450 g/mol. The van der Waals surface area contributed by atoms with Gasteiger partial charge in [-0.05, 0) is 26.0 Å². The second kappa shape index (κ2) is 10.3. The van der Waals surface area contributed by atoms with Crippen LogP contribution in [0.1, 0.15) is 33.3 Å². The van der Waals surface area contributed by atoms with E-state index in [0.29, 0.717) is 68.3 Å². The summed E-state index contributed by atoms with van der Waals surface area (Å²) in [6, 6.07) is 3.50. The number of pyridine rings is 2. The van der Waals surface area contributed by atoms with Crippen LogP contribution in [-0.2, 0) is 13.6 Å². The van der Waals surface area contributed by atoms with Gasteiger partial charge < -0.3 is 19.5 Å². The van der Waals surface area contributed by atoms with Crippen molar-refractivity contribution < 1.29 is 14.3 Å². The third-order valence-electron chi connectivity index (χ3n) is 6.24. The Labute approximate surface area is 203 Å². The largest absolute Gasteiger partial charge is 0.479 e. The van der Waals surface area contributed by atoms with Crippen molar-refractivity contribution in [1.29, 1.82) is 0 Å². The van der Waals surface area contributed by atoms with Crippen molar-refractivity contribution in [2.75, 3.05) is 46.4 Å². The van der Waals surface area contributed by atoms with Crippen molar-refractivity contribution in [3.8, 4) is 5.88 Å². The zero-order valence-electron chi connectivity index (χ0n) is 20.6. The van der Waals surface area contributed by atoms with Crippen LogP contribution in [0.15, 0.2) is 29.3 Å². The average Bonchev–Trinajstić information content (AvgIpc) is 3.24. The minimum atomic E-state index is -0.392. The van der Waals surface area contributed by atoms with Crippen LogP contribution in [0.25, 0.3) is 11.0 Å². The fourth-order valence-corrected chi connectivity index (χ4v) is 4.30. The first kappa shape index (κ1) is 24.4. The summed E-state index contributed by atoms with van der Waals surface area (Å²) >= 11 is 0. The molecule has 0 unspecified atom stereocenters. The zero-order chi connectivity index (χ0) is 25.1. The van der Waals surface area contributed by atoms with Crippen LogP contribution in [0.3, 0.4) is 0 Å². The third kappa shape index (κ3) is 5.04. The summed E-state index contributed by atoms with van der Waals surface area (Å²) in [7, 11) is 3.25. The van der Waals surface area contributed by atoms with E-state index < -0.39 is 5.91 Å². The van der Waals surface area contributed by atoms with Crippen molar-refractivity contribution in [1.82, 2.24) is 34.4 Å². The summed E-state index contributed by atoms with van der Waals surface area (Å²) in [5.74, 6) is -0.169. The minimum absolute atomic E-state index is 0.101. The zero-order valence-corrected chi connectivity index (χ0v) is 20.6. The van der Waals surface area contributed by atoms with Crippen molar-refractivity contribution in [2.45, 2.75) is 20.4 Å². The number of hydrogen-bond acceptors (Lipinski definition) is 7. The van der Waals surface area contributed by atoms with E-state index in [2.05, 4.69) is 20.3 Å². The van der Waals surface area contributed by atoms with Crippen LogP contribution in [0.2, 0.25) is 0 Å². The molecule has 3 aromatic rings. The third-order valence-corrected chi connectivity index (χ3v) is 6.24. The number of nitrogens with zero attached hydrogens (tertiary/aromatic N) is 6. The van der Waals surface area contributed by atoms with E-state index in [9.17, 15) is 14.4 Å². The first-order chi connectivity index (χ1) is 16.8. The van der Waals surface area contributed by atoms with Gasteiger partial charge in [0, 0.05) is 70.9 Å². The van der Waals surface area contributed by atoms with Crippen LogP contribution in [-0.4, -0.2) is 87.3 Å². The first-order valence-corrected chi connectivity index (χ1v) is 11.7. The summed E-state index contributed by atoms with van der Waals surface area (Å²) in [5.41, 5.74) is 1.66. The van der Waals surface area contributed by atoms with Gasteiger partial charge in [0.05, 0.1) is 12.5 Å². The Hall–Kier alpha value is -3.73. The predicted molar refractivity (Wildman–Crippen MR) is 131 cm³/mol. The fourth-order valence-electron chi connectivity index (χ4n) is 4.30. The molecule has 3 aromatic heterocycles. The molecule has 2 amide bonds. The smallest absolute Gasteiger partial charge is 0.261 e. The van der Waals surface area contributed by atoms with Gasteiger partial charge in [-0.3, -0.25) is 24.0 Å². The molecule has 186 valence electrons. The molecule has 0 aliphatic carbocycles. The van der Waals surface area contributed by atoms with Gasteiger partial charge in [-0.2, -0.15) is 0 Å². The molecule has 4 heterocycles. The van der Waals surface area contributed by atoms with Crippen molar-refractivity contribution in [3.05, 3.63) is 51.6 Å². The lowest BCUT2D eigenvalue weighted by atomic mass is 10.1. The SMILES string of the molecule is CCn1cc(C(=O)NCCN2CCN(C(=O)c3cn(C)nc3OC)CC2)c(=O)c2ccc(C)nc21. The van der Waals surface area contributed by atoms with E-state index in [0.717, 1.165) is 5.69 Å². The van der Waals surface area contributed by atoms with Gasteiger partial charge in [0.2, 0.25) is 11.3 Å². The maximum atomic E-state index is 12.9. The number of amides is 2. The highest BCUT2D eigenvalue weighted by molar-refractivity contribution is 5.97. The molecule has 1 aliphatic rings. The Morgan fingerprint density at radius 3 is 2.54 bits per heavy atom. The molecule has 0 aromatic carbocycles. The topological polar surface area (TPSA) is 115 Å². The number of aromatic nitrogens is 4. The summed E-state index contributed by atoms with van der Waals surface area (Å²) in [5, 5.41) is 7.46. The van der Waals surface area contributed by atoms with E-state index in [1.165, 1.54) is 7.11 Å². The molecule has 0 saturated carbocycles. The lowest BCUT2D eigenvalue weighted by Crippen LogP contribution is -2.50. The number of piperazine rings is 1. The molecule has 35 heavy (non-hydrogen) atoms. The number of carbonyl (C=O) groups is 2. The maximum absolute atomic E-state index is 12.9. The van der Waals surface area contributed by atoms with Crippen LogP contribution >= 0.6 is 0 Å². The number of ether oxygens (including phenoxy) is 1. The van der Waals surface area contributed by atoms with Gasteiger partial charge in [-0.25, -0.2) is 4.98 Å². The molecule has 11 heteroatoms. The first-order valence-electron chi connectivity index (χ1n) is 11.7. The van der Waals surface area contributed by atoms with Crippen LogP contribution in [0, 0.1) is 6.92 Å². The van der Waals surface area contributed by atoms with E-state index in [-0.39, 0.29) is 16.9 Å². The molecule has 0 radical (unpaired) electrons. The summed E-state index contributed by atoms with van der Waals surface area (Å²) in [6.45, 7) is 7.97. The Kier molecular flexibility index (Phi) is 7.15. The number of nitrogens with one attached hydrogen (secondary N) is 1. The van der Waals surface area contributed by atoms with Gasteiger partial charge in [0.15, 0.2) is 0 Å². The van der Waals surface area contributed by atoms with E-state index in [4.69, 9.17) is 4.74 Å². The Balaban J connectivity index is 1.32. The quantitative estimate of drug-likeness (QED) is 0.527. The van der Waals surface area contributed by atoms with E-state index >= 15 is 0 Å². The average molecular weight is 482 g/mol. The van der Waals surface area contributed by atoms with Gasteiger partial charge in [-0.1, -0.05) is 0 Å². The second-order valence-electron chi connectivity index (χ2n) is 8.60. The van der Waals surface area contributed by atoms with Crippen LogP contribution in [0.5, 0.6) is 5.88 Å². The van der Waals surface area contributed by atoms with Crippen molar-refractivity contribution in [2.24, 2.45) is 7.05 Å². The highest BCUT2D eigenvalue weighted by Crippen LogP contribution is 2.18. The van der Waals surface area contributed by atoms with Crippen LogP contribution in [0.4, 0.5) is 0 Å². The molecule has 1 fully saturated rings. The van der Waals surface area contributed by atoms with Crippen LogP contribution < -0.4 is 15.5 Å². The standard InChI is InChI=1S/C24H31N7O4/c1-5-30-15-18(20(32)17-7-6-16(2)26-21(17)30)22(33)25-8-9-29-10-12-31(13-11-29)24(34)19-14-28(3)27-23(19)35-4/h6-7,14-15H,5,8-13H2,1-4H3,(H,25,33). The van der Waals surface area contributed by atoms with E-state index in [1.54, 1.807) is 41.2 Å². The number of fused-ring (bicyclic) bond motifs is 1. The molecule has 0 atom stereocenters. The normalized spacial score (nSPS) is 14.3. The molecular formula is C24H31N7O4. The number of rotatable bonds is 7.